The summed E-state index contributed by atoms with van der Waals surface area (Å²) in [6.45, 7) is 5.40. The summed E-state index contributed by atoms with van der Waals surface area (Å²) in [4.78, 5) is 26.5. The third-order valence-electron chi connectivity index (χ3n) is 7.65. The van der Waals surface area contributed by atoms with Crippen molar-refractivity contribution in [2.45, 2.75) is 46.0 Å². The lowest BCUT2D eigenvalue weighted by molar-refractivity contribution is -0.130. The first-order valence-electron chi connectivity index (χ1n) is 9.05. The van der Waals surface area contributed by atoms with Gasteiger partial charge in [0.1, 0.15) is 0 Å². The number of likely N-dealkylation sites (N-methyl/N-ethyl adjacent to an activating group) is 1. The molecule has 0 aromatic rings. The van der Waals surface area contributed by atoms with Gasteiger partial charge in [0.05, 0.1) is 0 Å². The van der Waals surface area contributed by atoms with Crippen molar-refractivity contribution in [3.05, 3.63) is 23.8 Å². The fourth-order valence-electron chi connectivity index (χ4n) is 5.95. The van der Waals surface area contributed by atoms with Crippen molar-refractivity contribution in [2.24, 2.45) is 28.6 Å². The van der Waals surface area contributed by atoms with Crippen LogP contribution in [0.5, 0.6) is 0 Å². The van der Waals surface area contributed by atoms with E-state index in [4.69, 9.17) is 0 Å². The second-order valence-electron chi connectivity index (χ2n) is 8.61. The van der Waals surface area contributed by atoms with Crippen molar-refractivity contribution in [1.29, 1.82) is 0 Å². The van der Waals surface area contributed by atoms with Gasteiger partial charge in [-0.3, -0.25) is 9.59 Å². The Hall–Kier alpha value is -1.38. The number of allylic oxidation sites excluding steroid dienone is 3. The first-order chi connectivity index (χ1) is 10.9. The number of rotatable bonds is 0. The zero-order chi connectivity index (χ0) is 16.4. The Balaban J connectivity index is 1.71. The van der Waals surface area contributed by atoms with Crippen LogP contribution in [0, 0.1) is 28.6 Å². The summed E-state index contributed by atoms with van der Waals surface area (Å²) >= 11 is 0. The molecule has 1 amide bonds. The summed E-state index contributed by atoms with van der Waals surface area (Å²) < 4.78 is 0. The Morgan fingerprint density at radius 3 is 2.70 bits per heavy atom. The average Bonchev–Trinajstić information content (AvgIpc) is 2.77. The van der Waals surface area contributed by atoms with Gasteiger partial charge in [-0.2, -0.15) is 0 Å². The fourth-order valence-corrected chi connectivity index (χ4v) is 5.95. The summed E-state index contributed by atoms with van der Waals surface area (Å²) in [7, 11) is 1.91. The number of nitrogens with zero attached hydrogens (tertiary/aromatic N) is 1. The van der Waals surface area contributed by atoms with Crippen LogP contribution < -0.4 is 0 Å². The molecule has 4 rings (SSSR count). The van der Waals surface area contributed by atoms with Gasteiger partial charge < -0.3 is 4.90 Å². The van der Waals surface area contributed by atoms with E-state index in [1.54, 1.807) is 0 Å². The summed E-state index contributed by atoms with van der Waals surface area (Å²) in [6.07, 6.45) is 11.3. The molecule has 0 aromatic carbocycles. The molecule has 0 bridgehead atoms. The first-order valence-corrected chi connectivity index (χ1v) is 9.05. The Bertz CT molecular complexity index is 634. The van der Waals surface area contributed by atoms with Gasteiger partial charge in [0, 0.05) is 25.1 Å². The molecule has 23 heavy (non-hydrogen) atoms. The van der Waals surface area contributed by atoms with Gasteiger partial charge >= 0.3 is 0 Å². The number of carbonyl (C=O) groups is 2. The van der Waals surface area contributed by atoms with E-state index in [1.807, 2.05) is 24.1 Å². The molecule has 2 saturated carbocycles. The zero-order valence-electron chi connectivity index (χ0n) is 14.5. The van der Waals surface area contributed by atoms with Crippen LogP contribution in [0.25, 0.3) is 0 Å². The maximum absolute atomic E-state index is 12.4. The van der Waals surface area contributed by atoms with E-state index < -0.39 is 0 Å². The summed E-state index contributed by atoms with van der Waals surface area (Å²) in [5.41, 5.74) is 1.34. The Kier molecular flexibility index (Phi) is 3.17. The van der Waals surface area contributed by atoms with Gasteiger partial charge in [-0.15, -0.1) is 0 Å². The van der Waals surface area contributed by atoms with Crippen LogP contribution in [-0.2, 0) is 9.59 Å². The topological polar surface area (TPSA) is 37.4 Å². The van der Waals surface area contributed by atoms with Crippen LogP contribution >= 0.6 is 0 Å². The van der Waals surface area contributed by atoms with Crippen molar-refractivity contribution in [3.63, 3.8) is 0 Å². The molecule has 0 spiro atoms. The van der Waals surface area contributed by atoms with Gasteiger partial charge in [0.25, 0.3) is 0 Å². The van der Waals surface area contributed by atoms with E-state index in [-0.39, 0.29) is 16.7 Å². The number of amides is 1. The van der Waals surface area contributed by atoms with Crippen molar-refractivity contribution in [1.82, 2.24) is 4.90 Å². The lowest BCUT2D eigenvalue weighted by Crippen LogP contribution is -2.50. The highest BCUT2D eigenvalue weighted by atomic mass is 16.2. The zero-order valence-corrected chi connectivity index (χ0v) is 14.5. The highest BCUT2D eigenvalue weighted by Crippen LogP contribution is 2.62. The van der Waals surface area contributed by atoms with Crippen molar-refractivity contribution >= 4 is 11.7 Å². The monoisotopic (exact) mass is 313 g/mol. The molecule has 3 aliphatic carbocycles. The third kappa shape index (κ3) is 1.95. The van der Waals surface area contributed by atoms with E-state index in [2.05, 4.69) is 19.9 Å². The molecular weight excluding hydrogens is 286 g/mol. The standard InChI is InChI=1S/C20H27NO2/c1-19-10-11-21(3)18(23)12-13(19)4-5-14-15-6-7-17(22)20(15,2)9-8-16(14)19/h6-7,12,14-16H,4-5,8-11H2,1-3H3/t14-,15-,16-,19-,20-/m0/s1. The predicted molar refractivity (Wildman–Crippen MR) is 89.6 cm³/mol. The molecule has 0 saturated heterocycles. The minimum atomic E-state index is -0.157. The molecule has 0 radical (unpaired) electrons. The van der Waals surface area contributed by atoms with E-state index in [9.17, 15) is 9.59 Å². The number of hydrogen-bond donors (Lipinski definition) is 0. The fraction of sp³-hybridized carbons (Fsp3) is 0.700. The van der Waals surface area contributed by atoms with Crippen LogP contribution in [0.2, 0.25) is 0 Å². The number of hydrogen-bond acceptors (Lipinski definition) is 2. The number of fused-ring (bicyclic) bond motifs is 5. The van der Waals surface area contributed by atoms with Gasteiger partial charge in [-0.1, -0.05) is 25.5 Å². The molecule has 0 unspecified atom stereocenters. The maximum Gasteiger partial charge on any atom is 0.246 e. The molecule has 3 nitrogen and oxygen atoms in total. The molecule has 3 heteroatoms. The van der Waals surface area contributed by atoms with Crippen LogP contribution in [0.4, 0.5) is 0 Å². The second-order valence-corrected chi connectivity index (χ2v) is 8.61. The van der Waals surface area contributed by atoms with Crippen LogP contribution in [0.3, 0.4) is 0 Å². The lowest BCUT2D eigenvalue weighted by atomic mass is 9.48. The van der Waals surface area contributed by atoms with Crippen molar-refractivity contribution in [3.8, 4) is 0 Å². The van der Waals surface area contributed by atoms with Crippen molar-refractivity contribution < 1.29 is 9.59 Å². The number of ketones is 1. The molecule has 4 aliphatic rings. The Morgan fingerprint density at radius 2 is 1.91 bits per heavy atom. The molecule has 1 aliphatic heterocycles. The SMILES string of the molecule is CN1CC[C@@]2(C)C(=CC1=O)CC[C@@H]1[C@@H]2CC[C@]2(C)C(=O)C=C[C@@H]12. The van der Waals surface area contributed by atoms with Gasteiger partial charge in [-0.25, -0.2) is 0 Å². The maximum atomic E-state index is 12.4. The van der Waals surface area contributed by atoms with Gasteiger partial charge in [-0.05, 0) is 61.3 Å². The minimum absolute atomic E-state index is 0.129. The second kappa shape index (κ2) is 4.81. The third-order valence-corrected chi connectivity index (χ3v) is 7.65. The summed E-state index contributed by atoms with van der Waals surface area (Å²) in [5, 5.41) is 0. The van der Waals surface area contributed by atoms with Crippen molar-refractivity contribution in [2.75, 3.05) is 13.6 Å². The summed E-state index contributed by atoms with van der Waals surface area (Å²) in [6, 6.07) is 0. The van der Waals surface area contributed by atoms with Crippen LogP contribution in [0.1, 0.15) is 46.0 Å². The van der Waals surface area contributed by atoms with Crippen LogP contribution in [-0.4, -0.2) is 30.2 Å². The highest BCUT2D eigenvalue weighted by molar-refractivity contribution is 5.97. The van der Waals surface area contributed by atoms with E-state index in [0.717, 1.165) is 38.6 Å². The molecule has 1 heterocycles. The molecule has 0 aromatic heterocycles. The predicted octanol–water partition coefficient (Wildman–Crippen LogP) is 3.36. The normalized spacial score (nSPS) is 46.0. The number of carbonyl (C=O) groups excluding carboxylic acids is 2. The van der Waals surface area contributed by atoms with E-state index in [1.165, 1.54) is 5.57 Å². The lowest BCUT2D eigenvalue weighted by Gasteiger charge is -2.55. The Morgan fingerprint density at radius 1 is 1.13 bits per heavy atom. The molecular formula is C20H27NO2. The van der Waals surface area contributed by atoms with E-state index >= 15 is 0 Å². The quantitative estimate of drug-likeness (QED) is 0.687. The average molecular weight is 313 g/mol. The van der Waals surface area contributed by atoms with Gasteiger partial charge in [0.15, 0.2) is 5.78 Å². The highest BCUT2D eigenvalue weighted by Gasteiger charge is 2.57. The minimum Gasteiger partial charge on any atom is -0.342 e. The van der Waals surface area contributed by atoms with E-state index in [0.29, 0.717) is 23.5 Å². The largest absolute Gasteiger partial charge is 0.342 e. The van der Waals surface area contributed by atoms with Gasteiger partial charge in [0.2, 0.25) is 5.91 Å². The molecule has 0 N–H and O–H groups in total. The Labute approximate surface area is 138 Å². The smallest absolute Gasteiger partial charge is 0.246 e. The summed E-state index contributed by atoms with van der Waals surface area (Å²) in [5.74, 6) is 2.11. The molecule has 5 atom stereocenters. The molecule has 2 fully saturated rings. The molecule has 124 valence electrons. The van der Waals surface area contributed by atoms with Crippen LogP contribution in [0.15, 0.2) is 23.8 Å². The first kappa shape index (κ1) is 15.2.